The molecule has 30 heavy (non-hydrogen) atoms. The first-order chi connectivity index (χ1) is 14.6. The molecule has 0 unspecified atom stereocenters. The van der Waals surface area contributed by atoms with Crippen LogP contribution in [0.15, 0.2) is 30.5 Å². The van der Waals surface area contributed by atoms with Gasteiger partial charge in [0.15, 0.2) is 0 Å². The largest absolute Gasteiger partial charge is 0.378 e. The Hall–Kier alpha value is -3.04. The van der Waals surface area contributed by atoms with Crippen LogP contribution >= 0.6 is 0 Å². The number of nitrogens with one attached hydrogen (secondary N) is 2. The number of hydrogen-bond acceptors (Lipinski definition) is 7. The molecule has 156 valence electrons. The molecule has 1 aromatic carbocycles. The first-order valence-corrected chi connectivity index (χ1v) is 10.3. The molecule has 2 aromatic heterocycles. The van der Waals surface area contributed by atoms with E-state index in [-0.39, 0.29) is 11.8 Å². The van der Waals surface area contributed by atoms with E-state index in [2.05, 4.69) is 30.1 Å². The topological polar surface area (TPSA) is 99.3 Å². The van der Waals surface area contributed by atoms with E-state index in [1.807, 2.05) is 37.4 Å². The second-order valence-electron chi connectivity index (χ2n) is 7.88. The van der Waals surface area contributed by atoms with Gasteiger partial charge in [0.25, 0.3) is 0 Å². The van der Waals surface area contributed by atoms with Crippen molar-refractivity contribution in [2.45, 2.75) is 13.5 Å². The number of nitrogens with zero attached hydrogens (tertiary/aromatic N) is 5. The number of carbonyl (C=O) groups is 1. The summed E-state index contributed by atoms with van der Waals surface area (Å²) in [5, 5.41) is 3.02. The maximum Gasteiger partial charge on any atom is 0.230 e. The van der Waals surface area contributed by atoms with E-state index in [1.165, 1.54) is 0 Å². The lowest BCUT2D eigenvalue weighted by molar-refractivity contribution is -0.125. The highest BCUT2D eigenvalue weighted by Crippen LogP contribution is 2.22. The number of H-pyrrole nitrogens is 1. The van der Waals surface area contributed by atoms with Gasteiger partial charge >= 0.3 is 0 Å². The van der Waals surface area contributed by atoms with Crippen LogP contribution in [0.25, 0.3) is 11.0 Å². The summed E-state index contributed by atoms with van der Waals surface area (Å²) in [6.07, 6.45) is 1.81. The molecule has 0 spiro atoms. The Balaban J connectivity index is 1.14. The number of hydrogen-bond donors (Lipinski definition) is 2. The van der Waals surface area contributed by atoms with Crippen molar-refractivity contribution in [3.05, 3.63) is 42.0 Å². The third kappa shape index (κ3) is 3.99. The highest BCUT2D eigenvalue weighted by atomic mass is 16.5. The Morgan fingerprint density at radius 3 is 2.90 bits per heavy atom. The Labute approximate surface area is 174 Å². The normalized spacial score (nSPS) is 17.8. The zero-order chi connectivity index (χ0) is 20.5. The van der Waals surface area contributed by atoms with Crippen molar-refractivity contribution in [2.75, 3.05) is 49.6 Å². The zero-order valence-corrected chi connectivity index (χ0v) is 17.0. The minimum atomic E-state index is -0.00949. The number of aromatic nitrogens is 4. The molecule has 9 heteroatoms. The van der Waals surface area contributed by atoms with Crippen LogP contribution in [0.2, 0.25) is 0 Å². The number of rotatable bonds is 5. The molecule has 5 rings (SSSR count). The number of ether oxygens (including phenoxy) is 1. The van der Waals surface area contributed by atoms with E-state index >= 15 is 0 Å². The van der Waals surface area contributed by atoms with Crippen molar-refractivity contribution in [3.8, 4) is 0 Å². The lowest BCUT2D eigenvalue weighted by atomic mass is 9.98. The second-order valence-corrected chi connectivity index (χ2v) is 7.88. The summed E-state index contributed by atoms with van der Waals surface area (Å²) in [5.41, 5.74) is 3.60. The predicted octanol–water partition coefficient (Wildman–Crippen LogP) is 1.57. The van der Waals surface area contributed by atoms with Gasteiger partial charge in [0, 0.05) is 44.6 Å². The average molecular weight is 407 g/mol. The van der Waals surface area contributed by atoms with Crippen LogP contribution in [0.3, 0.4) is 0 Å². The van der Waals surface area contributed by atoms with Gasteiger partial charge in [-0.2, -0.15) is 0 Å². The number of fused-ring (bicyclic) bond motifs is 1. The molecule has 0 bridgehead atoms. The quantitative estimate of drug-likeness (QED) is 0.662. The van der Waals surface area contributed by atoms with Crippen molar-refractivity contribution in [1.29, 1.82) is 0 Å². The van der Waals surface area contributed by atoms with Gasteiger partial charge in [0.1, 0.15) is 5.82 Å². The van der Waals surface area contributed by atoms with Crippen LogP contribution in [0, 0.1) is 12.8 Å². The number of carbonyl (C=O) groups excluding carboxylic acids is 1. The molecule has 2 aliphatic heterocycles. The Morgan fingerprint density at radius 1 is 1.23 bits per heavy atom. The smallest absolute Gasteiger partial charge is 0.230 e. The molecule has 0 aliphatic carbocycles. The number of likely N-dealkylation sites (tertiary alicyclic amines) is 1. The Kier molecular flexibility index (Phi) is 5.06. The number of morpholine rings is 1. The second kappa shape index (κ2) is 8.00. The van der Waals surface area contributed by atoms with Crippen molar-refractivity contribution in [1.82, 2.24) is 24.8 Å². The SMILES string of the molecule is Cc1nc2ccc(NC(=O)C3CN(Cc4ccnc(N5CCOCC5)n4)C3)cc2[nH]1. The van der Waals surface area contributed by atoms with Crippen molar-refractivity contribution in [3.63, 3.8) is 0 Å². The highest BCUT2D eigenvalue weighted by Gasteiger charge is 2.33. The first-order valence-electron chi connectivity index (χ1n) is 10.3. The molecular weight excluding hydrogens is 382 g/mol. The summed E-state index contributed by atoms with van der Waals surface area (Å²) in [6, 6.07) is 7.68. The molecule has 4 heterocycles. The standard InChI is InChI=1S/C21H25N7O2/c1-14-23-18-3-2-16(10-19(18)24-14)25-20(29)15-11-27(12-15)13-17-4-5-22-21(26-17)28-6-8-30-9-7-28/h2-5,10,15H,6-9,11-13H2,1H3,(H,23,24)(H,25,29). The maximum atomic E-state index is 12.6. The molecule has 1 amide bonds. The number of amides is 1. The van der Waals surface area contributed by atoms with Crippen molar-refractivity contribution in [2.24, 2.45) is 5.92 Å². The maximum absolute atomic E-state index is 12.6. The number of benzene rings is 1. The molecule has 0 atom stereocenters. The highest BCUT2D eigenvalue weighted by molar-refractivity contribution is 5.95. The minimum absolute atomic E-state index is 0.00949. The summed E-state index contributed by atoms with van der Waals surface area (Å²) < 4.78 is 5.39. The van der Waals surface area contributed by atoms with E-state index in [0.29, 0.717) is 13.2 Å². The number of imidazole rings is 1. The number of anilines is 2. The van der Waals surface area contributed by atoms with Gasteiger partial charge in [0.05, 0.1) is 35.9 Å². The molecule has 0 saturated carbocycles. The van der Waals surface area contributed by atoms with Crippen LogP contribution in [0.5, 0.6) is 0 Å². The van der Waals surface area contributed by atoms with Gasteiger partial charge in [0.2, 0.25) is 11.9 Å². The van der Waals surface area contributed by atoms with E-state index < -0.39 is 0 Å². The van der Waals surface area contributed by atoms with E-state index in [4.69, 9.17) is 9.72 Å². The molecular formula is C21H25N7O2. The lowest BCUT2D eigenvalue weighted by Crippen LogP contribution is -2.51. The molecule has 2 aliphatic rings. The molecule has 2 N–H and O–H groups in total. The first kappa shape index (κ1) is 19.0. The third-order valence-corrected chi connectivity index (χ3v) is 5.58. The van der Waals surface area contributed by atoms with E-state index in [9.17, 15) is 4.79 Å². The number of aromatic amines is 1. The van der Waals surface area contributed by atoms with Crippen LogP contribution < -0.4 is 10.2 Å². The van der Waals surface area contributed by atoms with Gasteiger partial charge in [-0.05, 0) is 31.2 Å². The van der Waals surface area contributed by atoms with Gasteiger partial charge < -0.3 is 19.9 Å². The monoisotopic (exact) mass is 407 g/mol. The van der Waals surface area contributed by atoms with Crippen molar-refractivity contribution < 1.29 is 9.53 Å². The fourth-order valence-corrected chi connectivity index (χ4v) is 3.94. The van der Waals surface area contributed by atoms with Crippen LogP contribution in [-0.4, -0.2) is 70.1 Å². The molecule has 0 radical (unpaired) electrons. The summed E-state index contributed by atoms with van der Waals surface area (Å²) in [7, 11) is 0. The predicted molar refractivity (Wildman–Crippen MR) is 113 cm³/mol. The van der Waals surface area contributed by atoms with Gasteiger partial charge in [-0.3, -0.25) is 9.69 Å². The lowest BCUT2D eigenvalue weighted by Gasteiger charge is -2.38. The van der Waals surface area contributed by atoms with Gasteiger partial charge in [-0.25, -0.2) is 15.0 Å². The van der Waals surface area contributed by atoms with Crippen LogP contribution in [0.1, 0.15) is 11.5 Å². The van der Waals surface area contributed by atoms with Crippen LogP contribution in [0.4, 0.5) is 11.6 Å². The van der Waals surface area contributed by atoms with E-state index in [0.717, 1.165) is 66.9 Å². The van der Waals surface area contributed by atoms with Gasteiger partial charge in [-0.1, -0.05) is 0 Å². The molecule has 9 nitrogen and oxygen atoms in total. The Morgan fingerprint density at radius 2 is 2.07 bits per heavy atom. The fourth-order valence-electron chi connectivity index (χ4n) is 3.94. The Bertz CT molecular complexity index is 1050. The van der Waals surface area contributed by atoms with Gasteiger partial charge in [-0.15, -0.1) is 0 Å². The van der Waals surface area contributed by atoms with Crippen LogP contribution in [-0.2, 0) is 16.1 Å². The minimum Gasteiger partial charge on any atom is -0.378 e. The molecule has 3 aromatic rings. The van der Waals surface area contributed by atoms with E-state index in [1.54, 1.807) is 0 Å². The molecule has 2 fully saturated rings. The van der Waals surface area contributed by atoms with Crippen molar-refractivity contribution >= 4 is 28.6 Å². The summed E-state index contributed by atoms with van der Waals surface area (Å²) >= 11 is 0. The summed E-state index contributed by atoms with van der Waals surface area (Å²) in [5.74, 6) is 1.67. The third-order valence-electron chi connectivity index (χ3n) is 5.58. The molecule has 2 saturated heterocycles. The average Bonchev–Trinajstić information content (AvgIpc) is 3.10. The zero-order valence-electron chi connectivity index (χ0n) is 17.0. The summed E-state index contributed by atoms with van der Waals surface area (Å²) in [4.78, 5) is 33.6. The number of aryl methyl sites for hydroxylation is 1. The fraction of sp³-hybridized carbons (Fsp3) is 0.429. The summed E-state index contributed by atoms with van der Waals surface area (Å²) in [6.45, 7) is 7.17.